The minimum Gasteiger partial charge on any atom is -0.334 e. The maximum absolute atomic E-state index is 11.5. The Morgan fingerprint density at radius 2 is 2.31 bits per heavy atom. The lowest BCUT2D eigenvalue weighted by atomic mass is 10.1. The third-order valence-electron chi connectivity index (χ3n) is 2.65. The van der Waals surface area contributed by atoms with E-state index in [2.05, 4.69) is 22.0 Å². The van der Waals surface area contributed by atoms with Crippen LogP contribution in [0.1, 0.15) is 11.1 Å². The highest BCUT2D eigenvalue weighted by Crippen LogP contribution is 2.03. The van der Waals surface area contributed by atoms with E-state index in [0.717, 1.165) is 18.7 Å². The van der Waals surface area contributed by atoms with Gasteiger partial charge in [-0.15, -0.1) is 0 Å². The van der Waals surface area contributed by atoms with Crippen molar-refractivity contribution in [3.8, 4) is 0 Å². The molecule has 2 amide bonds. The highest BCUT2D eigenvalue weighted by molar-refractivity contribution is 5.74. The predicted molar refractivity (Wildman–Crippen MR) is 63.2 cm³/mol. The van der Waals surface area contributed by atoms with Crippen molar-refractivity contribution in [2.75, 3.05) is 13.1 Å². The fourth-order valence-electron chi connectivity index (χ4n) is 1.63. The van der Waals surface area contributed by atoms with Gasteiger partial charge in [-0.05, 0) is 12.5 Å². The summed E-state index contributed by atoms with van der Waals surface area (Å²) in [5.41, 5.74) is 2.34. The molecule has 0 aromatic heterocycles. The standard InChI is InChI=1S/C12H17N3O/c1-9-3-2-4-10(5-9)6-14-12(16)15-11-7-13-8-11/h2-5,11,13H,6-8H2,1H3,(H2,14,15,16). The molecule has 4 nitrogen and oxygen atoms in total. The second-order valence-corrected chi connectivity index (χ2v) is 4.17. The van der Waals surface area contributed by atoms with Gasteiger partial charge in [-0.2, -0.15) is 0 Å². The Kier molecular flexibility index (Phi) is 3.41. The van der Waals surface area contributed by atoms with Gasteiger partial charge < -0.3 is 16.0 Å². The fourth-order valence-corrected chi connectivity index (χ4v) is 1.63. The average Bonchev–Trinajstić information content (AvgIpc) is 2.21. The van der Waals surface area contributed by atoms with Crippen LogP contribution in [-0.2, 0) is 6.54 Å². The Bertz CT molecular complexity index is 374. The second kappa shape index (κ2) is 4.99. The molecule has 0 spiro atoms. The van der Waals surface area contributed by atoms with E-state index < -0.39 is 0 Å². The summed E-state index contributed by atoms with van der Waals surface area (Å²) in [6, 6.07) is 8.33. The predicted octanol–water partition coefficient (Wildman–Crippen LogP) is 0.766. The van der Waals surface area contributed by atoms with E-state index in [4.69, 9.17) is 0 Å². The van der Waals surface area contributed by atoms with Gasteiger partial charge in [-0.25, -0.2) is 4.79 Å². The molecule has 16 heavy (non-hydrogen) atoms. The summed E-state index contributed by atoms with van der Waals surface area (Å²) >= 11 is 0. The lowest BCUT2D eigenvalue weighted by molar-refractivity contribution is 0.231. The molecule has 1 aliphatic heterocycles. The SMILES string of the molecule is Cc1cccc(CNC(=O)NC2CNC2)c1. The van der Waals surface area contributed by atoms with Crippen molar-refractivity contribution in [2.24, 2.45) is 0 Å². The Hall–Kier alpha value is -1.55. The number of carbonyl (C=O) groups excluding carboxylic acids is 1. The number of hydrogen-bond donors (Lipinski definition) is 3. The molecule has 1 aromatic carbocycles. The first-order chi connectivity index (χ1) is 7.74. The summed E-state index contributed by atoms with van der Waals surface area (Å²) in [5, 5.41) is 8.84. The summed E-state index contributed by atoms with van der Waals surface area (Å²) in [4.78, 5) is 11.5. The molecule has 1 aliphatic rings. The zero-order chi connectivity index (χ0) is 11.4. The molecule has 86 valence electrons. The third-order valence-corrected chi connectivity index (χ3v) is 2.65. The van der Waals surface area contributed by atoms with Gasteiger partial charge in [-0.1, -0.05) is 29.8 Å². The first-order valence-corrected chi connectivity index (χ1v) is 5.54. The van der Waals surface area contributed by atoms with Gasteiger partial charge in [0.2, 0.25) is 0 Å². The average molecular weight is 219 g/mol. The van der Waals surface area contributed by atoms with Crippen LogP contribution in [0, 0.1) is 6.92 Å². The molecule has 1 aromatic rings. The number of hydrogen-bond acceptors (Lipinski definition) is 2. The van der Waals surface area contributed by atoms with Gasteiger partial charge >= 0.3 is 6.03 Å². The van der Waals surface area contributed by atoms with E-state index in [1.165, 1.54) is 5.56 Å². The van der Waals surface area contributed by atoms with Crippen molar-refractivity contribution in [3.63, 3.8) is 0 Å². The van der Waals surface area contributed by atoms with E-state index in [9.17, 15) is 4.79 Å². The van der Waals surface area contributed by atoms with Crippen molar-refractivity contribution in [3.05, 3.63) is 35.4 Å². The maximum Gasteiger partial charge on any atom is 0.315 e. The number of urea groups is 1. The van der Waals surface area contributed by atoms with E-state index in [1.54, 1.807) is 0 Å². The van der Waals surface area contributed by atoms with Crippen LogP contribution in [0.25, 0.3) is 0 Å². The number of amides is 2. The van der Waals surface area contributed by atoms with Crippen LogP contribution in [0.2, 0.25) is 0 Å². The van der Waals surface area contributed by atoms with Gasteiger partial charge in [0.15, 0.2) is 0 Å². The molecule has 0 atom stereocenters. The minimum absolute atomic E-state index is 0.0898. The molecule has 0 aliphatic carbocycles. The Morgan fingerprint density at radius 1 is 1.50 bits per heavy atom. The molecule has 1 fully saturated rings. The number of aryl methyl sites for hydroxylation is 1. The van der Waals surface area contributed by atoms with Crippen molar-refractivity contribution in [1.82, 2.24) is 16.0 Å². The minimum atomic E-state index is -0.0898. The van der Waals surface area contributed by atoms with Crippen LogP contribution in [0.5, 0.6) is 0 Å². The van der Waals surface area contributed by atoms with Crippen LogP contribution < -0.4 is 16.0 Å². The number of benzene rings is 1. The molecule has 3 N–H and O–H groups in total. The van der Waals surface area contributed by atoms with Crippen LogP contribution in [0.4, 0.5) is 4.79 Å². The number of carbonyl (C=O) groups is 1. The molecule has 0 radical (unpaired) electrons. The Morgan fingerprint density at radius 3 is 2.94 bits per heavy atom. The highest BCUT2D eigenvalue weighted by atomic mass is 16.2. The maximum atomic E-state index is 11.5. The molecule has 1 saturated heterocycles. The molecule has 2 rings (SSSR count). The molecule has 0 saturated carbocycles. The monoisotopic (exact) mass is 219 g/mol. The highest BCUT2D eigenvalue weighted by Gasteiger charge is 2.18. The molecular formula is C12H17N3O. The molecule has 0 unspecified atom stereocenters. The first-order valence-electron chi connectivity index (χ1n) is 5.54. The van der Waals surface area contributed by atoms with E-state index in [0.29, 0.717) is 6.54 Å². The van der Waals surface area contributed by atoms with Crippen LogP contribution in [0.15, 0.2) is 24.3 Å². The zero-order valence-corrected chi connectivity index (χ0v) is 9.42. The third kappa shape index (κ3) is 2.97. The number of nitrogens with one attached hydrogen (secondary N) is 3. The zero-order valence-electron chi connectivity index (χ0n) is 9.42. The van der Waals surface area contributed by atoms with Crippen molar-refractivity contribution in [2.45, 2.75) is 19.5 Å². The van der Waals surface area contributed by atoms with E-state index in [1.807, 2.05) is 25.1 Å². The van der Waals surface area contributed by atoms with Crippen LogP contribution in [0.3, 0.4) is 0 Å². The summed E-state index contributed by atoms with van der Waals surface area (Å²) in [5.74, 6) is 0. The van der Waals surface area contributed by atoms with Gasteiger partial charge in [0, 0.05) is 19.6 Å². The largest absolute Gasteiger partial charge is 0.334 e. The summed E-state index contributed by atoms with van der Waals surface area (Å²) in [7, 11) is 0. The van der Waals surface area contributed by atoms with Crippen LogP contribution >= 0.6 is 0 Å². The number of rotatable bonds is 3. The van der Waals surface area contributed by atoms with E-state index in [-0.39, 0.29) is 12.1 Å². The Balaban J connectivity index is 1.75. The van der Waals surface area contributed by atoms with Crippen molar-refractivity contribution in [1.29, 1.82) is 0 Å². The molecule has 0 bridgehead atoms. The fraction of sp³-hybridized carbons (Fsp3) is 0.417. The molecule has 1 heterocycles. The summed E-state index contributed by atoms with van der Waals surface area (Å²) in [6.07, 6.45) is 0. The Labute approximate surface area is 95.4 Å². The lowest BCUT2D eigenvalue weighted by Crippen LogP contribution is -2.58. The lowest BCUT2D eigenvalue weighted by Gasteiger charge is -2.27. The van der Waals surface area contributed by atoms with Crippen molar-refractivity contribution < 1.29 is 4.79 Å². The summed E-state index contributed by atoms with van der Waals surface area (Å²) in [6.45, 7) is 4.37. The molecular weight excluding hydrogens is 202 g/mol. The first kappa shape index (κ1) is 11.0. The topological polar surface area (TPSA) is 53.2 Å². The van der Waals surface area contributed by atoms with Crippen molar-refractivity contribution >= 4 is 6.03 Å². The second-order valence-electron chi connectivity index (χ2n) is 4.17. The quantitative estimate of drug-likeness (QED) is 0.703. The smallest absolute Gasteiger partial charge is 0.315 e. The van der Waals surface area contributed by atoms with Crippen LogP contribution in [-0.4, -0.2) is 25.2 Å². The molecule has 4 heteroatoms. The van der Waals surface area contributed by atoms with Gasteiger partial charge in [-0.3, -0.25) is 0 Å². The van der Waals surface area contributed by atoms with E-state index >= 15 is 0 Å². The summed E-state index contributed by atoms with van der Waals surface area (Å²) < 4.78 is 0. The van der Waals surface area contributed by atoms with Gasteiger partial charge in [0.25, 0.3) is 0 Å². The van der Waals surface area contributed by atoms with Gasteiger partial charge in [0.05, 0.1) is 6.04 Å². The van der Waals surface area contributed by atoms with Gasteiger partial charge in [0.1, 0.15) is 0 Å². The normalized spacial score (nSPS) is 15.3.